The molecule has 0 fully saturated rings. The maximum absolute atomic E-state index is 13.1. The van der Waals surface area contributed by atoms with Crippen molar-refractivity contribution < 1.29 is 13.9 Å². The molecule has 1 unspecified atom stereocenters. The predicted octanol–water partition coefficient (Wildman–Crippen LogP) is 2.22. The van der Waals surface area contributed by atoms with Gasteiger partial charge in [-0.2, -0.15) is 0 Å². The van der Waals surface area contributed by atoms with Crippen molar-refractivity contribution in [2.45, 2.75) is 25.9 Å². The normalized spacial score (nSPS) is 12.2. The van der Waals surface area contributed by atoms with E-state index in [0.29, 0.717) is 19.7 Å². The number of ether oxygens (including phenoxy) is 1. The number of carbonyl (C=O) groups is 1. The number of nitrogens with one attached hydrogen (secondary N) is 2. The number of rotatable bonds is 8. The molecular formula is C14H20BrFN2O2. The van der Waals surface area contributed by atoms with Crippen LogP contribution in [-0.4, -0.2) is 32.2 Å². The summed E-state index contributed by atoms with van der Waals surface area (Å²) in [6.45, 7) is 3.41. The number of carbonyl (C=O) groups excluding carboxylic acids is 1. The van der Waals surface area contributed by atoms with Gasteiger partial charge in [-0.05, 0) is 37.1 Å². The standard InChI is InChI=1S/C14H20BrFN2O2/c1-10(14(19)17-6-3-7-20-2)18-9-11-8-12(16)4-5-13(11)15/h4-5,8,10,18H,3,6-7,9H2,1-2H3,(H,17,19). The lowest BCUT2D eigenvalue weighted by Gasteiger charge is -2.14. The minimum absolute atomic E-state index is 0.0753. The summed E-state index contributed by atoms with van der Waals surface area (Å²) in [4.78, 5) is 11.8. The van der Waals surface area contributed by atoms with E-state index in [2.05, 4.69) is 26.6 Å². The van der Waals surface area contributed by atoms with Crippen LogP contribution in [0.5, 0.6) is 0 Å². The van der Waals surface area contributed by atoms with Crippen LogP contribution >= 0.6 is 15.9 Å². The number of methoxy groups -OCH3 is 1. The zero-order chi connectivity index (χ0) is 15.0. The summed E-state index contributed by atoms with van der Waals surface area (Å²) in [5, 5.41) is 5.88. The molecule has 0 aliphatic heterocycles. The van der Waals surface area contributed by atoms with Crippen molar-refractivity contribution in [1.82, 2.24) is 10.6 Å². The van der Waals surface area contributed by atoms with Gasteiger partial charge in [0.25, 0.3) is 0 Å². The van der Waals surface area contributed by atoms with Crippen molar-refractivity contribution in [3.63, 3.8) is 0 Å². The van der Waals surface area contributed by atoms with E-state index in [1.54, 1.807) is 20.1 Å². The summed E-state index contributed by atoms with van der Waals surface area (Å²) in [5.41, 5.74) is 0.782. The summed E-state index contributed by atoms with van der Waals surface area (Å²) in [7, 11) is 1.63. The summed E-state index contributed by atoms with van der Waals surface area (Å²) < 4.78 is 18.9. The first-order chi connectivity index (χ1) is 9.54. The van der Waals surface area contributed by atoms with Crippen molar-refractivity contribution in [2.75, 3.05) is 20.3 Å². The molecule has 0 bridgehead atoms. The molecule has 1 amide bonds. The van der Waals surface area contributed by atoms with Crippen LogP contribution in [0, 0.1) is 5.82 Å². The van der Waals surface area contributed by atoms with Gasteiger partial charge in [-0.3, -0.25) is 4.79 Å². The first kappa shape index (κ1) is 17.1. The van der Waals surface area contributed by atoms with Crippen LogP contribution in [-0.2, 0) is 16.1 Å². The highest BCUT2D eigenvalue weighted by Gasteiger charge is 2.12. The summed E-state index contributed by atoms with van der Waals surface area (Å²) in [5.74, 6) is -0.365. The fraction of sp³-hybridized carbons (Fsp3) is 0.500. The maximum Gasteiger partial charge on any atom is 0.236 e. The molecule has 1 atom stereocenters. The zero-order valence-electron chi connectivity index (χ0n) is 11.7. The van der Waals surface area contributed by atoms with Crippen LogP contribution in [0.1, 0.15) is 18.9 Å². The molecule has 2 N–H and O–H groups in total. The highest BCUT2D eigenvalue weighted by atomic mass is 79.9. The molecule has 20 heavy (non-hydrogen) atoms. The molecule has 0 radical (unpaired) electrons. The molecule has 1 rings (SSSR count). The van der Waals surface area contributed by atoms with E-state index in [4.69, 9.17) is 4.74 Å². The van der Waals surface area contributed by atoms with Crippen LogP contribution in [0.4, 0.5) is 4.39 Å². The van der Waals surface area contributed by atoms with Gasteiger partial charge in [0.05, 0.1) is 6.04 Å². The summed E-state index contributed by atoms with van der Waals surface area (Å²) in [6.07, 6.45) is 0.782. The van der Waals surface area contributed by atoms with Crippen molar-refractivity contribution in [2.24, 2.45) is 0 Å². The van der Waals surface area contributed by atoms with E-state index >= 15 is 0 Å². The first-order valence-corrected chi connectivity index (χ1v) is 7.28. The van der Waals surface area contributed by atoms with Gasteiger partial charge in [-0.1, -0.05) is 15.9 Å². The van der Waals surface area contributed by atoms with Gasteiger partial charge < -0.3 is 15.4 Å². The third-order valence-electron chi connectivity index (χ3n) is 2.82. The summed E-state index contributed by atoms with van der Waals surface area (Å²) in [6, 6.07) is 4.15. The Bertz CT molecular complexity index is 443. The van der Waals surface area contributed by atoms with Crippen LogP contribution in [0.2, 0.25) is 0 Å². The second kappa shape index (κ2) is 9.05. The highest BCUT2D eigenvalue weighted by molar-refractivity contribution is 9.10. The van der Waals surface area contributed by atoms with E-state index in [9.17, 15) is 9.18 Å². The fourth-order valence-corrected chi connectivity index (χ4v) is 2.00. The van der Waals surface area contributed by atoms with E-state index in [-0.39, 0.29) is 17.8 Å². The van der Waals surface area contributed by atoms with Crippen molar-refractivity contribution >= 4 is 21.8 Å². The molecule has 0 heterocycles. The topological polar surface area (TPSA) is 50.4 Å². The van der Waals surface area contributed by atoms with Crippen LogP contribution in [0.3, 0.4) is 0 Å². The first-order valence-electron chi connectivity index (χ1n) is 6.48. The highest BCUT2D eigenvalue weighted by Crippen LogP contribution is 2.17. The van der Waals surface area contributed by atoms with E-state index in [1.807, 2.05) is 0 Å². The summed E-state index contributed by atoms with van der Waals surface area (Å²) >= 11 is 3.36. The van der Waals surface area contributed by atoms with E-state index in [1.165, 1.54) is 12.1 Å². The van der Waals surface area contributed by atoms with Crippen LogP contribution in [0.15, 0.2) is 22.7 Å². The van der Waals surface area contributed by atoms with Crippen molar-refractivity contribution in [1.29, 1.82) is 0 Å². The van der Waals surface area contributed by atoms with E-state index < -0.39 is 0 Å². The molecule has 0 saturated heterocycles. The SMILES string of the molecule is COCCCNC(=O)C(C)NCc1cc(F)ccc1Br. The minimum atomic E-state index is -0.340. The molecule has 1 aromatic carbocycles. The molecule has 1 aromatic rings. The Hall–Kier alpha value is -0.980. The largest absolute Gasteiger partial charge is 0.385 e. The number of benzene rings is 1. The molecule has 0 aromatic heterocycles. The smallest absolute Gasteiger partial charge is 0.236 e. The Morgan fingerprint density at radius 2 is 2.25 bits per heavy atom. The Balaban J connectivity index is 2.36. The van der Waals surface area contributed by atoms with Crippen LogP contribution < -0.4 is 10.6 Å². The Labute approximate surface area is 127 Å². The third kappa shape index (κ3) is 5.98. The van der Waals surface area contributed by atoms with Gasteiger partial charge in [-0.15, -0.1) is 0 Å². The number of hydrogen-bond donors (Lipinski definition) is 2. The third-order valence-corrected chi connectivity index (χ3v) is 3.60. The Morgan fingerprint density at radius 3 is 2.95 bits per heavy atom. The number of amides is 1. The molecule has 6 heteroatoms. The van der Waals surface area contributed by atoms with Crippen LogP contribution in [0.25, 0.3) is 0 Å². The molecular weight excluding hydrogens is 327 g/mol. The molecule has 4 nitrogen and oxygen atoms in total. The lowest BCUT2D eigenvalue weighted by atomic mass is 10.2. The van der Waals surface area contributed by atoms with Gasteiger partial charge in [0, 0.05) is 31.3 Å². The van der Waals surface area contributed by atoms with Gasteiger partial charge in [-0.25, -0.2) is 4.39 Å². The van der Waals surface area contributed by atoms with E-state index in [0.717, 1.165) is 16.5 Å². The van der Waals surface area contributed by atoms with Crippen molar-refractivity contribution in [3.8, 4) is 0 Å². The quantitative estimate of drug-likeness (QED) is 0.709. The number of halogens is 2. The Kier molecular flexibility index (Phi) is 7.72. The fourth-order valence-electron chi connectivity index (χ4n) is 1.62. The monoisotopic (exact) mass is 346 g/mol. The molecule has 0 aliphatic rings. The minimum Gasteiger partial charge on any atom is -0.385 e. The van der Waals surface area contributed by atoms with Gasteiger partial charge >= 0.3 is 0 Å². The average molecular weight is 347 g/mol. The maximum atomic E-state index is 13.1. The number of hydrogen-bond acceptors (Lipinski definition) is 3. The average Bonchev–Trinajstić information content (AvgIpc) is 2.44. The van der Waals surface area contributed by atoms with Gasteiger partial charge in [0.1, 0.15) is 5.82 Å². The van der Waals surface area contributed by atoms with Crippen molar-refractivity contribution in [3.05, 3.63) is 34.1 Å². The molecule has 0 aliphatic carbocycles. The van der Waals surface area contributed by atoms with Gasteiger partial charge in [0.2, 0.25) is 5.91 Å². The lowest BCUT2D eigenvalue weighted by Crippen LogP contribution is -2.42. The molecule has 112 valence electrons. The molecule has 0 spiro atoms. The zero-order valence-corrected chi connectivity index (χ0v) is 13.3. The Morgan fingerprint density at radius 1 is 1.50 bits per heavy atom. The second-order valence-corrected chi connectivity index (χ2v) is 5.33. The molecule has 0 saturated carbocycles. The van der Waals surface area contributed by atoms with Gasteiger partial charge in [0.15, 0.2) is 0 Å². The predicted molar refractivity (Wildman–Crippen MR) is 79.9 cm³/mol. The second-order valence-electron chi connectivity index (χ2n) is 4.48. The lowest BCUT2D eigenvalue weighted by molar-refractivity contribution is -0.122.